The quantitative estimate of drug-likeness (QED) is 0.346. The van der Waals surface area contributed by atoms with Crippen LogP contribution in [0.5, 0.6) is 0 Å². The maximum Gasteiger partial charge on any atom is 0.224 e. The largest absolute Gasteiger partial charge is 0.346 e. The minimum absolute atomic E-state index is 0.118. The Balaban J connectivity index is 1.14. The van der Waals surface area contributed by atoms with Gasteiger partial charge in [0.05, 0.1) is 17.9 Å². The number of aromatic nitrogens is 2. The predicted octanol–water partition coefficient (Wildman–Crippen LogP) is 6.26. The maximum absolute atomic E-state index is 13.4. The number of hydrogen-bond donors (Lipinski definition) is 2. The van der Waals surface area contributed by atoms with E-state index in [2.05, 4.69) is 40.4 Å². The van der Waals surface area contributed by atoms with Crippen molar-refractivity contribution in [2.45, 2.75) is 102 Å². The molecule has 6 rings (SSSR count). The van der Waals surface area contributed by atoms with E-state index in [0.29, 0.717) is 18.6 Å². The molecule has 38 heavy (non-hydrogen) atoms. The van der Waals surface area contributed by atoms with Crippen LogP contribution in [0.25, 0.3) is 11.3 Å². The van der Waals surface area contributed by atoms with Gasteiger partial charge in [0.15, 0.2) is 0 Å². The topological polar surface area (TPSA) is 78.1 Å². The van der Waals surface area contributed by atoms with Gasteiger partial charge in [-0.05, 0) is 112 Å². The molecule has 0 radical (unpaired) electrons. The normalized spacial score (nSPS) is 25.9. The summed E-state index contributed by atoms with van der Waals surface area (Å²) in [5.41, 5.74) is 5.56. The number of nitrogens with zero attached hydrogens (tertiary/aromatic N) is 2. The minimum atomic E-state index is -0.118. The summed E-state index contributed by atoms with van der Waals surface area (Å²) in [4.78, 5) is 35.9. The lowest BCUT2D eigenvalue weighted by molar-refractivity contribution is -0.124. The molecule has 2 N–H and O–H groups in total. The molecule has 2 heterocycles. The monoisotopic (exact) mass is 516 g/mol. The number of nitrogens with one attached hydrogen (secondary N) is 2. The maximum atomic E-state index is 13.4. The summed E-state index contributed by atoms with van der Waals surface area (Å²) >= 11 is 0. The van der Waals surface area contributed by atoms with Gasteiger partial charge in [0.2, 0.25) is 5.91 Å². The van der Waals surface area contributed by atoms with Crippen LogP contribution in [0.2, 0.25) is 0 Å². The van der Waals surface area contributed by atoms with Crippen molar-refractivity contribution < 1.29 is 9.59 Å². The molecular weight excluding hydrogens is 472 g/mol. The molecule has 204 valence electrons. The van der Waals surface area contributed by atoms with E-state index in [-0.39, 0.29) is 23.3 Å². The van der Waals surface area contributed by atoms with E-state index in [0.717, 1.165) is 81.4 Å². The van der Waals surface area contributed by atoms with Gasteiger partial charge in [0.25, 0.3) is 0 Å². The molecule has 6 heteroatoms. The van der Waals surface area contributed by atoms with Crippen molar-refractivity contribution in [3.8, 4) is 11.3 Å². The first-order valence-corrected chi connectivity index (χ1v) is 15.2. The summed E-state index contributed by atoms with van der Waals surface area (Å²) < 4.78 is 0. The number of benzene rings is 1. The predicted molar refractivity (Wildman–Crippen MR) is 150 cm³/mol. The van der Waals surface area contributed by atoms with Crippen LogP contribution in [0.4, 0.5) is 0 Å². The number of piperidine rings is 1. The lowest BCUT2D eigenvalue weighted by Crippen LogP contribution is -2.36. The van der Waals surface area contributed by atoms with E-state index in [1.807, 2.05) is 13.1 Å². The Morgan fingerprint density at radius 1 is 1.13 bits per heavy atom. The standard InChI is InChI=1S/C32H44N4O2/c1-3-24(37)7-5-4-6-8-28(35-31(38)27-19-32(27)13-15-36(2)16-14-32)30-33-20-29(34-30)23-11-12-25-21-9-10-22(17-21)26(25)18-23/h11-12,18,20-22,27-28H,3-10,13-17,19H2,1-2H3,(H,33,34)(H,35,38)/t21-,22+,27-,28+/m1/s1. The lowest BCUT2D eigenvalue weighted by Gasteiger charge is -2.30. The van der Waals surface area contributed by atoms with Crippen molar-refractivity contribution in [2.75, 3.05) is 20.1 Å². The summed E-state index contributed by atoms with van der Waals surface area (Å²) in [7, 11) is 2.18. The number of unbranched alkanes of at least 4 members (excludes halogenated alkanes) is 2. The first-order chi connectivity index (χ1) is 18.5. The molecule has 6 nitrogen and oxygen atoms in total. The van der Waals surface area contributed by atoms with Gasteiger partial charge in [-0.15, -0.1) is 0 Å². The first-order valence-electron chi connectivity index (χ1n) is 15.2. The van der Waals surface area contributed by atoms with Crippen molar-refractivity contribution >= 4 is 11.7 Å². The van der Waals surface area contributed by atoms with Gasteiger partial charge >= 0.3 is 0 Å². The summed E-state index contributed by atoms with van der Waals surface area (Å²) in [6.07, 6.45) is 14.2. The molecule has 1 amide bonds. The molecule has 1 aromatic heterocycles. The summed E-state index contributed by atoms with van der Waals surface area (Å²) in [6, 6.07) is 6.83. The fraction of sp³-hybridized carbons (Fsp3) is 0.656. The molecule has 2 saturated carbocycles. The molecule has 0 unspecified atom stereocenters. The number of imidazole rings is 1. The number of rotatable bonds is 11. The number of aromatic amines is 1. The molecular formula is C32H44N4O2. The Labute approximate surface area is 227 Å². The number of likely N-dealkylation sites (tertiary alicyclic amines) is 1. The van der Waals surface area contributed by atoms with E-state index in [1.165, 1.54) is 24.8 Å². The van der Waals surface area contributed by atoms with Gasteiger partial charge in [-0.25, -0.2) is 4.98 Å². The van der Waals surface area contributed by atoms with Crippen LogP contribution < -0.4 is 5.32 Å². The summed E-state index contributed by atoms with van der Waals surface area (Å²) in [5.74, 6) is 3.04. The number of carbonyl (C=O) groups is 2. The average Bonchev–Trinajstić information content (AvgIpc) is 3.33. The van der Waals surface area contributed by atoms with Crippen molar-refractivity contribution in [3.63, 3.8) is 0 Å². The number of Topliss-reactive ketones (excluding diaryl/α,β-unsaturated/α-hetero) is 1. The zero-order valence-electron chi connectivity index (χ0n) is 23.2. The molecule has 1 saturated heterocycles. The van der Waals surface area contributed by atoms with Crippen LogP contribution in [0.3, 0.4) is 0 Å². The SMILES string of the molecule is CCC(=O)CCCCC[C@H](NC(=O)[C@H]1CC12CCN(C)CC2)c1ncc(-c2ccc3c(c2)[C@H]2CC[C@@H]3C2)[nH]1. The van der Waals surface area contributed by atoms with Crippen LogP contribution in [0.1, 0.15) is 119 Å². The zero-order chi connectivity index (χ0) is 26.3. The van der Waals surface area contributed by atoms with Crippen molar-refractivity contribution in [3.05, 3.63) is 41.3 Å². The Morgan fingerprint density at radius 2 is 1.92 bits per heavy atom. The van der Waals surface area contributed by atoms with Gasteiger partial charge in [-0.2, -0.15) is 0 Å². The zero-order valence-corrected chi connectivity index (χ0v) is 23.2. The Kier molecular flexibility index (Phi) is 7.19. The van der Waals surface area contributed by atoms with E-state index in [1.54, 1.807) is 11.1 Å². The first kappa shape index (κ1) is 25.8. The number of carbonyl (C=O) groups excluding carboxylic acids is 2. The smallest absolute Gasteiger partial charge is 0.224 e. The van der Waals surface area contributed by atoms with Crippen LogP contribution >= 0.6 is 0 Å². The van der Waals surface area contributed by atoms with Gasteiger partial charge in [-0.3, -0.25) is 9.59 Å². The highest BCUT2D eigenvalue weighted by Crippen LogP contribution is 2.59. The van der Waals surface area contributed by atoms with E-state index in [4.69, 9.17) is 4.98 Å². The molecule has 2 bridgehead atoms. The highest BCUT2D eigenvalue weighted by Gasteiger charge is 2.58. The highest BCUT2D eigenvalue weighted by atomic mass is 16.2. The number of H-pyrrole nitrogens is 1. The fourth-order valence-corrected chi connectivity index (χ4v) is 7.58. The second kappa shape index (κ2) is 10.6. The second-order valence-corrected chi connectivity index (χ2v) is 12.7. The lowest BCUT2D eigenvalue weighted by atomic mass is 9.90. The van der Waals surface area contributed by atoms with Gasteiger partial charge in [-0.1, -0.05) is 31.9 Å². The van der Waals surface area contributed by atoms with Gasteiger partial charge in [0, 0.05) is 18.8 Å². The molecule has 3 aliphatic carbocycles. The third-order valence-corrected chi connectivity index (χ3v) is 10.3. The minimum Gasteiger partial charge on any atom is -0.346 e. The molecule has 3 fully saturated rings. The van der Waals surface area contributed by atoms with Crippen LogP contribution in [0.15, 0.2) is 24.4 Å². The van der Waals surface area contributed by atoms with Crippen LogP contribution in [-0.4, -0.2) is 46.7 Å². The van der Waals surface area contributed by atoms with Crippen LogP contribution in [0, 0.1) is 11.3 Å². The third kappa shape index (κ3) is 5.09. The Morgan fingerprint density at radius 3 is 2.71 bits per heavy atom. The summed E-state index contributed by atoms with van der Waals surface area (Å²) in [5, 5.41) is 3.40. The number of amides is 1. The van der Waals surface area contributed by atoms with E-state index >= 15 is 0 Å². The van der Waals surface area contributed by atoms with Crippen molar-refractivity contribution in [2.24, 2.45) is 11.3 Å². The average molecular weight is 517 g/mol. The molecule has 2 aromatic rings. The molecule has 1 spiro atoms. The highest BCUT2D eigenvalue weighted by molar-refractivity contribution is 5.83. The molecule has 1 aliphatic heterocycles. The van der Waals surface area contributed by atoms with Crippen molar-refractivity contribution in [1.29, 1.82) is 0 Å². The number of hydrogen-bond acceptors (Lipinski definition) is 4. The van der Waals surface area contributed by atoms with Gasteiger partial charge in [0.1, 0.15) is 11.6 Å². The van der Waals surface area contributed by atoms with E-state index in [9.17, 15) is 9.59 Å². The molecule has 4 atom stereocenters. The van der Waals surface area contributed by atoms with Crippen molar-refractivity contribution in [1.82, 2.24) is 20.2 Å². The molecule has 1 aromatic carbocycles. The Hall–Kier alpha value is -2.47. The number of fused-ring (bicyclic) bond motifs is 5. The Bertz CT molecular complexity index is 1180. The summed E-state index contributed by atoms with van der Waals surface area (Å²) in [6.45, 7) is 4.12. The van der Waals surface area contributed by atoms with E-state index < -0.39 is 0 Å². The molecule has 4 aliphatic rings. The second-order valence-electron chi connectivity index (χ2n) is 12.7. The third-order valence-electron chi connectivity index (χ3n) is 10.3. The van der Waals surface area contributed by atoms with Crippen LogP contribution in [-0.2, 0) is 9.59 Å². The van der Waals surface area contributed by atoms with Gasteiger partial charge < -0.3 is 15.2 Å². The fourth-order valence-electron chi connectivity index (χ4n) is 7.58. The number of ketones is 1.